The zero-order valence-corrected chi connectivity index (χ0v) is 22.9. The van der Waals surface area contributed by atoms with Crippen LogP contribution in [-0.2, 0) is 16.0 Å². The molecule has 0 bridgehead atoms. The number of nitrogens with zero attached hydrogens (tertiary/aromatic N) is 2. The van der Waals surface area contributed by atoms with E-state index in [1.165, 1.54) is 4.88 Å². The summed E-state index contributed by atoms with van der Waals surface area (Å²) in [5.74, 6) is 1.04. The van der Waals surface area contributed by atoms with E-state index in [4.69, 9.17) is 25.8 Å². The second-order valence-electron chi connectivity index (χ2n) is 9.47. The molecule has 0 unspecified atom stereocenters. The third-order valence-corrected chi connectivity index (χ3v) is 8.23. The molecule has 0 spiro atoms. The van der Waals surface area contributed by atoms with Crippen molar-refractivity contribution >= 4 is 34.8 Å². The number of methoxy groups -OCH3 is 1. The number of ether oxygens (including phenoxy) is 3. The Hall–Kier alpha value is -3.07. The molecule has 0 saturated carbocycles. The number of hydrogen-bond acceptors (Lipinski definition) is 6. The molecule has 38 heavy (non-hydrogen) atoms. The predicted octanol–water partition coefficient (Wildman–Crippen LogP) is 5.24. The number of amides is 2. The summed E-state index contributed by atoms with van der Waals surface area (Å²) >= 11 is 7.86. The molecule has 3 heterocycles. The molecule has 9 heteroatoms. The fraction of sp³-hybridized carbons (Fsp3) is 0.379. The van der Waals surface area contributed by atoms with E-state index < -0.39 is 0 Å². The first-order valence-electron chi connectivity index (χ1n) is 12.8. The molecule has 2 aliphatic rings. The first kappa shape index (κ1) is 26.5. The van der Waals surface area contributed by atoms with Crippen LogP contribution < -0.4 is 9.47 Å². The number of carbonyl (C=O) groups is 2. The Labute approximate surface area is 231 Å². The van der Waals surface area contributed by atoms with Gasteiger partial charge in [0, 0.05) is 41.2 Å². The topological polar surface area (TPSA) is 68.3 Å². The lowest BCUT2D eigenvalue weighted by Gasteiger charge is -2.37. The van der Waals surface area contributed by atoms with E-state index in [9.17, 15) is 9.59 Å². The van der Waals surface area contributed by atoms with E-state index >= 15 is 0 Å². The van der Waals surface area contributed by atoms with Crippen molar-refractivity contribution in [3.63, 3.8) is 0 Å². The third kappa shape index (κ3) is 6.14. The van der Waals surface area contributed by atoms with Crippen molar-refractivity contribution in [1.82, 2.24) is 9.80 Å². The van der Waals surface area contributed by atoms with E-state index in [-0.39, 0.29) is 30.5 Å². The highest BCUT2D eigenvalue weighted by atomic mass is 35.5. The van der Waals surface area contributed by atoms with E-state index in [2.05, 4.69) is 11.4 Å². The summed E-state index contributed by atoms with van der Waals surface area (Å²) in [7, 11) is 1.62. The molecule has 0 aliphatic carbocycles. The van der Waals surface area contributed by atoms with Gasteiger partial charge in [-0.2, -0.15) is 0 Å². The summed E-state index contributed by atoms with van der Waals surface area (Å²) in [5, 5.41) is 2.54. The lowest BCUT2D eigenvalue weighted by molar-refractivity contribution is -0.135. The van der Waals surface area contributed by atoms with Crippen molar-refractivity contribution in [3.05, 3.63) is 81.0 Å². The monoisotopic (exact) mass is 554 g/mol. The molecule has 2 amide bonds. The Kier molecular flexibility index (Phi) is 8.51. The van der Waals surface area contributed by atoms with E-state index in [0.717, 1.165) is 24.8 Å². The molecule has 200 valence electrons. The van der Waals surface area contributed by atoms with Gasteiger partial charge in [0.25, 0.3) is 5.91 Å². The number of rotatable bonds is 9. The number of fused-ring (bicyclic) bond motifs is 1. The van der Waals surface area contributed by atoms with Crippen LogP contribution in [0.1, 0.15) is 39.7 Å². The Balaban J connectivity index is 1.35. The summed E-state index contributed by atoms with van der Waals surface area (Å²) in [6.07, 6.45) is 2.52. The first-order valence-corrected chi connectivity index (χ1v) is 14.1. The lowest BCUT2D eigenvalue weighted by Crippen LogP contribution is -2.49. The second-order valence-corrected chi connectivity index (χ2v) is 10.9. The molecule has 1 saturated heterocycles. The maximum absolute atomic E-state index is 13.8. The summed E-state index contributed by atoms with van der Waals surface area (Å²) < 4.78 is 17.3. The highest BCUT2D eigenvalue weighted by Crippen LogP contribution is 2.34. The van der Waals surface area contributed by atoms with Crippen molar-refractivity contribution in [2.75, 3.05) is 40.0 Å². The van der Waals surface area contributed by atoms with Gasteiger partial charge in [0.1, 0.15) is 24.7 Å². The van der Waals surface area contributed by atoms with Crippen LogP contribution in [-0.4, -0.2) is 67.7 Å². The first-order chi connectivity index (χ1) is 18.5. The van der Waals surface area contributed by atoms with Crippen molar-refractivity contribution in [2.24, 2.45) is 0 Å². The molecule has 0 N–H and O–H groups in total. The van der Waals surface area contributed by atoms with Crippen molar-refractivity contribution in [1.29, 1.82) is 0 Å². The average molecular weight is 555 g/mol. The summed E-state index contributed by atoms with van der Waals surface area (Å²) in [4.78, 5) is 32.1. The standard InChI is InChI=1S/C29H31ClN2O5S/c1-35-22-7-3-8-23(16-22)37-19-26-25-11-14-38-27(25)10-12-32(26)28(33)18-31(17-24-9-4-13-36-24)29(34)20-5-2-6-21(30)15-20/h2-3,5-8,11,14-16,24,26H,4,9-10,12-13,17-19H2,1H3/t24-,26+/m1/s1. The van der Waals surface area contributed by atoms with E-state index in [1.54, 1.807) is 47.6 Å². The molecule has 2 aliphatic heterocycles. The van der Waals surface area contributed by atoms with E-state index in [0.29, 0.717) is 48.4 Å². The fourth-order valence-electron chi connectivity index (χ4n) is 5.05. The van der Waals surface area contributed by atoms with Crippen molar-refractivity contribution in [2.45, 2.75) is 31.4 Å². The van der Waals surface area contributed by atoms with Gasteiger partial charge in [-0.25, -0.2) is 0 Å². The summed E-state index contributed by atoms with van der Waals surface area (Å²) in [5.41, 5.74) is 1.56. The molecule has 3 aromatic rings. The number of carbonyl (C=O) groups excluding carboxylic acids is 2. The van der Waals surface area contributed by atoms with Crippen LogP contribution in [0.5, 0.6) is 11.5 Å². The quantitative estimate of drug-likeness (QED) is 0.362. The van der Waals surface area contributed by atoms with Gasteiger partial charge in [0.15, 0.2) is 0 Å². The summed E-state index contributed by atoms with van der Waals surface area (Å²) in [6, 6.07) is 16.1. The highest BCUT2D eigenvalue weighted by molar-refractivity contribution is 7.10. The minimum Gasteiger partial charge on any atom is -0.497 e. The smallest absolute Gasteiger partial charge is 0.254 e. The van der Waals surface area contributed by atoms with Crippen LogP contribution in [0.4, 0.5) is 0 Å². The van der Waals surface area contributed by atoms with Crippen LogP contribution >= 0.6 is 22.9 Å². The Morgan fingerprint density at radius 2 is 2.00 bits per heavy atom. The average Bonchev–Trinajstić information content (AvgIpc) is 3.63. The summed E-state index contributed by atoms with van der Waals surface area (Å²) in [6.45, 7) is 1.86. The van der Waals surface area contributed by atoms with Gasteiger partial charge in [0.05, 0.1) is 19.3 Å². The fourth-order valence-corrected chi connectivity index (χ4v) is 6.17. The maximum atomic E-state index is 13.8. The Morgan fingerprint density at radius 3 is 2.79 bits per heavy atom. The largest absolute Gasteiger partial charge is 0.497 e. The number of benzene rings is 2. The van der Waals surface area contributed by atoms with Gasteiger partial charge in [-0.15, -0.1) is 11.3 Å². The second kappa shape index (κ2) is 12.2. The van der Waals surface area contributed by atoms with Crippen LogP contribution in [0.3, 0.4) is 0 Å². The van der Waals surface area contributed by atoms with Gasteiger partial charge < -0.3 is 24.0 Å². The zero-order valence-electron chi connectivity index (χ0n) is 21.3. The SMILES string of the molecule is COc1cccc(OC[C@H]2c3ccsc3CCN2C(=O)CN(C[C@H]2CCCO2)C(=O)c2cccc(Cl)c2)c1. The molecule has 2 aromatic carbocycles. The Morgan fingerprint density at radius 1 is 1.16 bits per heavy atom. The predicted molar refractivity (Wildman–Crippen MR) is 147 cm³/mol. The normalized spacial score (nSPS) is 18.6. The number of hydrogen-bond donors (Lipinski definition) is 0. The molecule has 0 radical (unpaired) electrons. The number of halogens is 1. The van der Waals surface area contributed by atoms with Gasteiger partial charge in [-0.3, -0.25) is 9.59 Å². The van der Waals surface area contributed by atoms with E-state index in [1.807, 2.05) is 29.2 Å². The third-order valence-electron chi connectivity index (χ3n) is 7.00. The zero-order chi connectivity index (χ0) is 26.5. The number of thiophene rings is 1. The van der Waals surface area contributed by atoms with Crippen molar-refractivity contribution < 1.29 is 23.8 Å². The molecular weight excluding hydrogens is 524 g/mol. The van der Waals surface area contributed by atoms with Gasteiger partial charge in [-0.1, -0.05) is 23.7 Å². The lowest BCUT2D eigenvalue weighted by atomic mass is 10.00. The molecule has 1 aromatic heterocycles. The van der Waals surface area contributed by atoms with Gasteiger partial charge in [0.2, 0.25) is 5.91 Å². The minimum atomic E-state index is -0.255. The molecule has 5 rings (SSSR count). The minimum absolute atomic E-state index is 0.0413. The molecule has 7 nitrogen and oxygen atoms in total. The van der Waals surface area contributed by atoms with Gasteiger partial charge in [-0.05, 0) is 66.6 Å². The van der Waals surface area contributed by atoms with Gasteiger partial charge >= 0.3 is 0 Å². The Bertz CT molecular complexity index is 1280. The van der Waals surface area contributed by atoms with Crippen LogP contribution in [0.15, 0.2) is 60.0 Å². The van der Waals surface area contributed by atoms with Crippen LogP contribution in [0, 0.1) is 0 Å². The highest BCUT2D eigenvalue weighted by Gasteiger charge is 2.34. The maximum Gasteiger partial charge on any atom is 0.254 e. The molecule has 2 atom stereocenters. The van der Waals surface area contributed by atoms with Crippen LogP contribution in [0.25, 0.3) is 0 Å². The van der Waals surface area contributed by atoms with Crippen molar-refractivity contribution in [3.8, 4) is 11.5 Å². The molecular formula is C29H31ClN2O5S. The van der Waals surface area contributed by atoms with Crippen LogP contribution in [0.2, 0.25) is 5.02 Å². The molecule has 1 fully saturated rings.